The fourth-order valence-corrected chi connectivity index (χ4v) is 3.31. The zero-order valence-corrected chi connectivity index (χ0v) is 15.2. The van der Waals surface area contributed by atoms with Crippen molar-refractivity contribution in [3.8, 4) is 11.5 Å². The zero-order chi connectivity index (χ0) is 18.2. The second-order valence-electron chi connectivity index (χ2n) is 7.23. The molecule has 1 saturated heterocycles. The first-order chi connectivity index (χ1) is 11.8. The van der Waals surface area contributed by atoms with Gasteiger partial charge in [0.05, 0.1) is 5.54 Å². The number of carbonyl (C=O) groups excluding carboxylic acids is 2. The van der Waals surface area contributed by atoms with Gasteiger partial charge in [-0.1, -0.05) is 0 Å². The number of hydrogen-bond donors (Lipinski definition) is 0. The Morgan fingerprint density at radius 1 is 1.08 bits per heavy atom. The molecule has 0 bridgehead atoms. The lowest BCUT2D eigenvalue weighted by Gasteiger charge is -2.47. The number of fused-ring (bicyclic) bond motifs is 1. The van der Waals surface area contributed by atoms with Crippen molar-refractivity contribution in [2.24, 2.45) is 0 Å². The molecule has 0 atom stereocenters. The van der Waals surface area contributed by atoms with Gasteiger partial charge in [-0.2, -0.15) is 0 Å². The van der Waals surface area contributed by atoms with Crippen LogP contribution in [0.1, 0.15) is 24.2 Å². The van der Waals surface area contributed by atoms with Gasteiger partial charge in [-0.3, -0.25) is 4.79 Å². The van der Waals surface area contributed by atoms with Crippen molar-refractivity contribution < 1.29 is 19.1 Å². The maximum absolute atomic E-state index is 13.0. The molecule has 7 heteroatoms. The molecule has 1 aromatic carbocycles. The van der Waals surface area contributed by atoms with Gasteiger partial charge in [0.1, 0.15) is 13.2 Å². The highest BCUT2D eigenvalue weighted by Gasteiger charge is 2.39. The largest absolute Gasteiger partial charge is 0.486 e. The van der Waals surface area contributed by atoms with Crippen LogP contribution in [0.2, 0.25) is 0 Å². The fourth-order valence-electron chi connectivity index (χ4n) is 3.31. The lowest BCUT2D eigenvalue weighted by molar-refractivity contribution is 0.0240. The summed E-state index contributed by atoms with van der Waals surface area (Å²) in [4.78, 5) is 30.4. The molecule has 1 fully saturated rings. The van der Waals surface area contributed by atoms with Crippen LogP contribution in [0.5, 0.6) is 11.5 Å². The molecule has 0 aromatic heterocycles. The zero-order valence-electron chi connectivity index (χ0n) is 15.2. The number of piperazine rings is 1. The number of rotatable bonds is 1. The maximum Gasteiger partial charge on any atom is 0.319 e. The first kappa shape index (κ1) is 17.4. The van der Waals surface area contributed by atoms with Crippen molar-refractivity contribution in [3.05, 3.63) is 23.8 Å². The highest BCUT2D eigenvalue weighted by atomic mass is 16.6. The molecule has 0 N–H and O–H groups in total. The van der Waals surface area contributed by atoms with Crippen LogP contribution >= 0.6 is 0 Å². The molecule has 0 aliphatic carbocycles. The van der Waals surface area contributed by atoms with E-state index in [0.717, 1.165) is 0 Å². The Morgan fingerprint density at radius 2 is 1.76 bits per heavy atom. The van der Waals surface area contributed by atoms with Crippen LogP contribution in [0, 0.1) is 0 Å². The third kappa shape index (κ3) is 3.36. The monoisotopic (exact) mass is 347 g/mol. The maximum atomic E-state index is 13.0. The van der Waals surface area contributed by atoms with E-state index in [1.165, 1.54) is 0 Å². The molecule has 2 aliphatic rings. The van der Waals surface area contributed by atoms with Gasteiger partial charge in [0.25, 0.3) is 5.91 Å². The summed E-state index contributed by atoms with van der Waals surface area (Å²) in [5.41, 5.74) is 0.124. The van der Waals surface area contributed by atoms with Crippen molar-refractivity contribution in [3.63, 3.8) is 0 Å². The number of benzene rings is 1. The SMILES string of the molecule is CN(C)C(=O)N1CCN(C(=O)c2ccc3c(c2)OCCO3)C(C)(C)C1. The van der Waals surface area contributed by atoms with E-state index in [9.17, 15) is 9.59 Å². The van der Waals surface area contributed by atoms with Crippen LogP contribution in [-0.4, -0.2) is 79.1 Å². The topological polar surface area (TPSA) is 62.3 Å². The minimum absolute atomic E-state index is 0.0282. The van der Waals surface area contributed by atoms with Crippen LogP contribution < -0.4 is 9.47 Å². The van der Waals surface area contributed by atoms with Crippen LogP contribution in [0.25, 0.3) is 0 Å². The van der Waals surface area contributed by atoms with Gasteiger partial charge in [0.2, 0.25) is 0 Å². The Bertz CT molecular complexity index is 687. The van der Waals surface area contributed by atoms with Crippen molar-refractivity contribution in [2.75, 3.05) is 46.9 Å². The molecular weight excluding hydrogens is 322 g/mol. The van der Waals surface area contributed by atoms with Crippen LogP contribution in [-0.2, 0) is 0 Å². The Morgan fingerprint density at radius 3 is 2.40 bits per heavy atom. The van der Waals surface area contributed by atoms with E-state index in [1.807, 2.05) is 18.7 Å². The third-order valence-corrected chi connectivity index (χ3v) is 4.59. The Labute approximate surface area is 148 Å². The third-order valence-electron chi connectivity index (χ3n) is 4.59. The summed E-state index contributed by atoms with van der Waals surface area (Å²) in [6.07, 6.45) is 0. The van der Waals surface area contributed by atoms with E-state index in [-0.39, 0.29) is 11.9 Å². The lowest BCUT2D eigenvalue weighted by atomic mass is 9.97. The van der Waals surface area contributed by atoms with Gasteiger partial charge in [-0.25, -0.2) is 4.79 Å². The van der Waals surface area contributed by atoms with Gasteiger partial charge < -0.3 is 24.2 Å². The second kappa shape index (κ2) is 6.46. The highest BCUT2D eigenvalue weighted by molar-refractivity contribution is 5.95. The second-order valence-corrected chi connectivity index (χ2v) is 7.23. The molecule has 0 spiro atoms. The molecule has 1 aromatic rings. The standard InChI is InChI=1S/C18H25N3O4/c1-18(2)12-20(17(23)19(3)4)7-8-21(18)16(22)13-5-6-14-15(11-13)25-10-9-24-14/h5-6,11H,7-10,12H2,1-4H3. The number of hydrogen-bond acceptors (Lipinski definition) is 4. The van der Waals surface area contributed by atoms with Crippen LogP contribution in [0.15, 0.2) is 18.2 Å². The number of ether oxygens (including phenoxy) is 2. The van der Waals surface area contributed by atoms with Gasteiger partial charge >= 0.3 is 6.03 Å². The van der Waals surface area contributed by atoms with Gasteiger partial charge in [-0.05, 0) is 32.0 Å². The first-order valence-electron chi connectivity index (χ1n) is 8.47. The summed E-state index contributed by atoms with van der Waals surface area (Å²) in [5.74, 6) is 1.22. The highest BCUT2D eigenvalue weighted by Crippen LogP contribution is 2.32. The average Bonchev–Trinajstić information content (AvgIpc) is 2.59. The number of carbonyl (C=O) groups is 2. The van der Waals surface area contributed by atoms with Gasteiger partial charge in [0, 0.05) is 39.3 Å². The Kier molecular flexibility index (Phi) is 4.49. The molecule has 2 heterocycles. The van der Waals surface area contributed by atoms with Crippen molar-refractivity contribution in [2.45, 2.75) is 19.4 Å². The molecule has 3 amide bonds. The molecular formula is C18H25N3O4. The van der Waals surface area contributed by atoms with E-state index >= 15 is 0 Å². The quantitative estimate of drug-likeness (QED) is 0.775. The molecule has 7 nitrogen and oxygen atoms in total. The van der Waals surface area contributed by atoms with Gasteiger partial charge in [0.15, 0.2) is 11.5 Å². The number of urea groups is 1. The lowest BCUT2D eigenvalue weighted by Crippen LogP contribution is -2.63. The molecule has 136 valence electrons. The van der Waals surface area contributed by atoms with Gasteiger partial charge in [-0.15, -0.1) is 0 Å². The van der Waals surface area contributed by atoms with E-state index < -0.39 is 5.54 Å². The Balaban J connectivity index is 1.77. The fraction of sp³-hybridized carbons (Fsp3) is 0.556. The predicted octanol–water partition coefficient (Wildman–Crippen LogP) is 1.68. The smallest absolute Gasteiger partial charge is 0.319 e. The van der Waals surface area contributed by atoms with Crippen LogP contribution in [0.3, 0.4) is 0 Å². The predicted molar refractivity (Wildman–Crippen MR) is 93.2 cm³/mol. The minimum Gasteiger partial charge on any atom is -0.486 e. The first-order valence-corrected chi connectivity index (χ1v) is 8.47. The molecule has 0 radical (unpaired) electrons. The van der Waals surface area contributed by atoms with Crippen molar-refractivity contribution >= 4 is 11.9 Å². The summed E-state index contributed by atoms with van der Waals surface area (Å²) >= 11 is 0. The number of nitrogens with zero attached hydrogens (tertiary/aromatic N) is 3. The summed E-state index contributed by atoms with van der Waals surface area (Å²) < 4.78 is 11.1. The van der Waals surface area contributed by atoms with Crippen LogP contribution in [0.4, 0.5) is 4.79 Å². The van der Waals surface area contributed by atoms with E-state index in [1.54, 1.807) is 42.1 Å². The van der Waals surface area contributed by atoms with E-state index in [4.69, 9.17) is 9.47 Å². The Hall–Kier alpha value is -2.44. The van der Waals surface area contributed by atoms with E-state index in [0.29, 0.717) is 49.9 Å². The minimum atomic E-state index is -0.450. The number of amides is 3. The van der Waals surface area contributed by atoms with E-state index in [2.05, 4.69) is 0 Å². The summed E-state index contributed by atoms with van der Waals surface area (Å²) in [5, 5.41) is 0. The average molecular weight is 347 g/mol. The normalized spacial score (nSPS) is 18.7. The summed E-state index contributed by atoms with van der Waals surface area (Å²) in [6, 6.07) is 5.26. The molecule has 0 unspecified atom stereocenters. The molecule has 25 heavy (non-hydrogen) atoms. The molecule has 2 aliphatic heterocycles. The molecule has 3 rings (SSSR count). The van der Waals surface area contributed by atoms with Crippen molar-refractivity contribution in [1.29, 1.82) is 0 Å². The summed E-state index contributed by atoms with van der Waals surface area (Å²) in [6.45, 7) is 6.50. The van der Waals surface area contributed by atoms with Crippen molar-refractivity contribution in [1.82, 2.24) is 14.7 Å². The summed E-state index contributed by atoms with van der Waals surface area (Å²) in [7, 11) is 3.48. The molecule has 0 saturated carbocycles.